The van der Waals surface area contributed by atoms with Crippen LogP contribution >= 0.6 is 11.3 Å². The molecule has 0 amide bonds. The second kappa shape index (κ2) is 7.51. The fourth-order valence-electron chi connectivity index (χ4n) is 2.40. The second-order valence-corrected chi connectivity index (χ2v) is 8.08. The highest BCUT2D eigenvalue weighted by molar-refractivity contribution is 7.89. The first-order chi connectivity index (χ1) is 9.62. The summed E-state index contributed by atoms with van der Waals surface area (Å²) in [4.78, 5) is 3.24. The zero-order valence-electron chi connectivity index (χ0n) is 11.6. The second-order valence-electron chi connectivity index (χ2n) is 4.96. The molecule has 0 saturated carbocycles. The lowest BCUT2D eigenvalue weighted by molar-refractivity contribution is 0.202. The van der Waals surface area contributed by atoms with Gasteiger partial charge in [0, 0.05) is 31.1 Å². The zero-order valence-corrected chi connectivity index (χ0v) is 13.2. The van der Waals surface area contributed by atoms with Crippen LogP contribution in [-0.4, -0.2) is 67.8 Å². The third kappa shape index (κ3) is 4.53. The third-order valence-electron chi connectivity index (χ3n) is 3.54. The number of aliphatic hydroxyl groups is 1. The maximum atomic E-state index is 12.4. The van der Waals surface area contributed by atoms with Gasteiger partial charge in [-0.25, -0.2) is 12.7 Å². The predicted octanol–water partition coefficient (Wildman–Crippen LogP) is 0.620. The number of aryl methyl sites for hydroxylation is 1. The molecule has 114 valence electrons. The van der Waals surface area contributed by atoms with Crippen LogP contribution in [-0.2, 0) is 16.4 Å². The molecular weight excluding hydrogens is 296 g/mol. The molecule has 2 rings (SSSR count). The van der Waals surface area contributed by atoms with E-state index in [4.69, 9.17) is 5.11 Å². The van der Waals surface area contributed by atoms with Gasteiger partial charge in [0.2, 0.25) is 10.0 Å². The van der Waals surface area contributed by atoms with E-state index in [0.29, 0.717) is 32.6 Å². The van der Waals surface area contributed by atoms with Crippen LogP contribution in [0.25, 0.3) is 0 Å². The molecule has 5 nitrogen and oxygen atoms in total. The van der Waals surface area contributed by atoms with Crippen LogP contribution in [0.2, 0.25) is 0 Å². The van der Waals surface area contributed by atoms with Gasteiger partial charge in [-0.2, -0.15) is 0 Å². The van der Waals surface area contributed by atoms with Crippen molar-refractivity contribution < 1.29 is 13.5 Å². The quantitative estimate of drug-likeness (QED) is 0.835. The summed E-state index contributed by atoms with van der Waals surface area (Å²) in [6.45, 7) is 3.45. The van der Waals surface area contributed by atoms with E-state index < -0.39 is 10.0 Å². The monoisotopic (exact) mass is 318 g/mol. The van der Waals surface area contributed by atoms with Crippen molar-refractivity contribution in [3.8, 4) is 0 Å². The van der Waals surface area contributed by atoms with Crippen molar-refractivity contribution in [2.75, 3.05) is 45.1 Å². The Morgan fingerprint density at radius 2 is 2.10 bits per heavy atom. The van der Waals surface area contributed by atoms with E-state index in [1.807, 2.05) is 17.5 Å². The van der Waals surface area contributed by atoms with E-state index in [0.717, 1.165) is 17.8 Å². The molecule has 1 aromatic rings. The maximum absolute atomic E-state index is 12.4. The molecule has 1 saturated heterocycles. The Hall–Kier alpha value is -0.470. The van der Waals surface area contributed by atoms with Crippen LogP contribution in [0.5, 0.6) is 0 Å². The van der Waals surface area contributed by atoms with Crippen LogP contribution in [0, 0.1) is 0 Å². The summed E-state index contributed by atoms with van der Waals surface area (Å²) >= 11 is 1.60. The van der Waals surface area contributed by atoms with Crippen molar-refractivity contribution in [3.63, 3.8) is 0 Å². The Labute approximate surface area is 124 Å². The summed E-state index contributed by atoms with van der Waals surface area (Å²) in [5.74, 6) is 0.188. The minimum atomic E-state index is -3.17. The Morgan fingerprint density at radius 1 is 1.25 bits per heavy atom. The number of hydrogen-bond acceptors (Lipinski definition) is 5. The molecule has 1 aliphatic heterocycles. The average Bonchev–Trinajstić information content (AvgIpc) is 2.82. The number of β-amino-alcohol motifs (C(OH)–C–C–N with tert-alkyl or cyclic N) is 1. The van der Waals surface area contributed by atoms with E-state index in [9.17, 15) is 8.42 Å². The van der Waals surface area contributed by atoms with Crippen molar-refractivity contribution >= 4 is 21.4 Å². The molecule has 0 radical (unpaired) electrons. The molecule has 1 fully saturated rings. The summed E-state index contributed by atoms with van der Waals surface area (Å²) in [6, 6.07) is 3.93. The molecule has 7 heteroatoms. The summed E-state index contributed by atoms with van der Waals surface area (Å²) < 4.78 is 26.3. The summed E-state index contributed by atoms with van der Waals surface area (Å²) in [5.41, 5.74) is 0. The summed E-state index contributed by atoms with van der Waals surface area (Å²) in [6.07, 6.45) is 1.43. The lowest BCUT2D eigenvalue weighted by Crippen LogP contribution is -2.37. The van der Waals surface area contributed by atoms with Gasteiger partial charge in [-0.3, -0.25) is 4.90 Å². The minimum Gasteiger partial charge on any atom is -0.395 e. The Balaban J connectivity index is 1.88. The van der Waals surface area contributed by atoms with E-state index in [2.05, 4.69) is 4.90 Å². The minimum absolute atomic E-state index is 0.130. The summed E-state index contributed by atoms with van der Waals surface area (Å²) in [5, 5.41) is 10.9. The van der Waals surface area contributed by atoms with Gasteiger partial charge in [-0.05, 0) is 30.8 Å². The van der Waals surface area contributed by atoms with E-state index in [-0.39, 0.29) is 12.4 Å². The molecule has 0 spiro atoms. The average molecular weight is 318 g/mol. The van der Waals surface area contributed by atoms with Crippen LogP contribution in [0.15, 0.2) is 17.5 Å². The van der Waals surface area contributed by atoms with Crippen LogP contribution in [0.1, 0.15) is 11.3 Å². The van der Waals surface area contributed by atoms with Gasteiger partial charge in [0.05, 0.1) is 12.4 Å². The highest BCUT2D eigenvalue weighted by Gasteiger charge is 2.24. The Morgan fingerprint density at radius 3 is 2.80 bits per heavy atom. The fourth-order valence-corrected chi connectivity index (χ4v) is 4.75. The van der Waals surface area contributed by atoms with Crippen molar-refractivity contribution in [1.29, 1.82) is 0 Å². The van der Waals surface area contributed by atoms with Gasteiger partial charge in [-0.1, -0.05) is 6.07 Å². The Kier molecular flexibility index (Phi) is 5.98. The molecule has 0 unspecified atom stereocenters. The number of sulfonamides is 1. The van der Waals surface area contributed by atoms with Gasteiger partial charge in [-0.15, -0.1) is 11.3 Å². The lowest BCUT2D eigenvalue weighted by atomic mass is 10.4. The molecule has 1 aliphatic rings. The summed E-state index contributed by atoms with van der Waals surface area (Å²) in [7, 11) is -3.17. The molecule has 1 N–H and O–H groups in total. The molecule has 1 aromatic heterocycles. The fraction of sp³-hybridized carbons (Fsp3) is 0.692. The predicted molar refractivity (Wildman–Crippen MR) is 81.5 cm³/mol. The highest BCUT2D eigenvalue weighted by Crippen LogP contribution is 2.13. The zero-order chi connectivity index (χ0) is 14.4. The van der Waals surface area contributed by atoms with Gasteiger partial charge < -0.3 is 5.11 Å². The molecule has 0 atom stereocenters. The van der Waals surface area contributed by atoms with Crippen LogP contribution < -0.4 is 0 Å². The number of rotatable bonds is 6. The standard InChI is InChI=1S/C13H22N2O3S2/c16-10-9-14-5-2-6-15(8-7-14)20(17,18)12-4-13-3-1-11-19-13/h1,3,11,16H,2,4-10,12H2. The first-order valence-corrected chi connectivity index (χ1v) is 9.44. The van der Waals surface area contributed by atoms with Crippen LogP contribution in [0.3, 0.4) is 0 Å². The van der Waals surface area contributed by atoms with E-state index in [1.54, 1.807) is 15.6 Å². The van der Waals surface area contributed by atoms with Gasteiger partial charge in [0.1, 0.15) is 0 Å². The van der Waals surface area contributed by atoms with Crippen molar-refractivity contribution in [3.05, 3.63) is 22.4 Å². The molecule has 0 aliphatic carbocycles. The third-order valence-corrected chi connectivity index (χ3v) is 6.35. The largest absolute Gasteiger partial charge is 0.395 e. The van der Waals surface area contributed by atoms with E-state index >= 15 is 0 Å². The van der Waals surface area contributed by atoms with Gasteiger partial charge >= 0.3 is 0 Å². The molecule has 0 bridgehead atoms. The first-order valence-electron chi connectivity index (χ1n) is 6.95. The molecular formula is C13H22N2O3S2. The molecule has 0 aromatic carbocycles. The SMILES string of the molecule is O=S(=O)(CCc1cccs1)N1CCCN(CCO)CC1. The van der Waals surface area contributed by atoms with Crippen LogP contribution in [0.4, 0.5) is 0 Å². The van der Waals surface area contributed by atoms with E-state index in [1.165, 1.54) is 0 Å². The van der Waals surface area contributed by atoms with Crippen molar-refractivity contribution in [1.82, 2.24) is 9.21 Å². The molecule has 2 heterocycles. The number of thiophene rings is 1. The number of aliphatic hydroxyl groups excluding tert-OH is 1. The topological polar surface area (TPSA) is 60.9 Å². The first kappa shape index (κ1) is 15.9. The lowest BCUT2D eigenvalue weighted by Gasteiger charge is -2.21. The normalized spacial score (nSPS) is 19.1. The van der Waals surface area contributed by atoms with Gasteiger partial charge in [0.15, 0.2) is 0 Å². The maximum Gasteiger partial charge on any atom is 0.214 e. The molecule has 20 heavy (non-hydrogen) atoms. The number of nitrogens with zero attached hydrogens (tertiary/aromatic N) is 2. The highest BCUT2D eigenvalue weighted by atomic mass is 32.2. The number of hydrogen-bond donors (Lipinski definition) is 1. The van der Waals surface area contributed by atoms with Crippen molar-refractivity contribution in [2.45, 2.75) is 12.8 Å². The smallest absolute Gasteiger partial charge is 0.214 e. The van der Waals surface area contributed by atoms with Gasteiger partial charge in [0.25, 0.3) is 0 Å². The Bertz CT molecular complexity index is 488. The van der Waals surface area contributed by atoms with Crippen molar-refractivity contribution in [2.24, 2.45) is 0 Å².